The Hall–Kier alpha value is -1.49. The van der Waals surface area contributed by atoms with Crippen LogP contribution in [0.5, 0.6) is 0 Å². The largest absolute Gasteiger partial charge is 0.397 e. The van der Waals surface area contributed by atoms with Crippen molar-refractivity contribution in [1.29, 1.82) is 0 Å². The molecule has 0 aromatic rings. The van der Waals surface area contributed by atoms with E-state index >= 15 is 0 Å². The molecule has 0 bridgehead atoms. The molecule has 20 atom stereocenters. The summed E-state index contributed by atoms with van der Waals surface area (Å²) in [6.45, 7) is 2.83. The summed E-state index contributed by atoms with van der Waals surface area (Å²) in [7, 11) is -54.2. The maximum absolute atomic E-state index is 12.5. The van der Waals surface area contributed by atoms with E-state index in [2.05, 4.69) is 37.6 Å². The SMILES string of the molecule is C[C@@H]1O[C@H](O)[C@@H](OS(=O)(=O)O)[C@H](OS(=O)(=O)O)[C@@H]1O[C@@H]1O[C@@H](C)[C@@H](OS(=O)(=O)O)[C@@H](O[C@@H]2O[C@@H](C)[C@@H](O[C@@H]3O[C@@H](C)[C@@H](OS(=O)(=O)O)[C@@H](OS(=O)(=O)O)[C@@H]3OS(=O)(=O)O)[C@@H](OS(=O)(=O)O)[C@@H]2OS(=O)(=O)O)[C@@H]1OS(=O)(=O)O. The maximum Gasteiger partial charge on any atom is 0.397 e. The molecule has 4 saturated heterocycles. The summed E-state index contributed by atoms with van der Waals surface area (Å²) in [5.41, 5.74) is 0. The van der Waals surface area contributed by atoms with Crippen molar-refractivity contribution in [3.8, 4) is 0 Å². The molecule has 0 saturated carbocycles. The molecule has 0 aromatic heterocycles. The third-order valence-electron chi connectivity index (χ3n) is 9.90. The monoisotopic (exact) mass is 1320 g/mol. The van der Waals surface area contributed by atoms with E-state index < -0.39 is 216 Å². The lowest BCUT2D eigenvalue weighted by Crippen LogP contribution is -2.68. The molecule has 53 heteroatoms. The minimum Gasteiger partial charge on any atom is -0.366 e. The van der Waals surface area contributed by atoms with E-state index in [9.17, 15) is 122 Å². The molecule has 4 rings (SSSR count). The summed E-state index contributed by atoms with van der Waals surface area (Å²) in [6, 6.07) is 0. The molecule has 4 aliphatic heterocycles. The van der Waals surface area contributed by atoms with Crippen LogP contribution in [0.25, 0.3) is 0 Å². The summed E-state index contributed by atoms with van der Waals surface area (Å²) in [5.74, 6) is 0. The molecule has 0 aromatic carbocycles. The van der Waals surface area contributed by atoms with Gasteiger partial charge in [0.05, 0.1) is 24.4 Å². The van der Waals surface area contributed by atoms with Crippen LogP contribution in [-0.2, 0) is 164 Å². The van der Waals surface area contributed by atoms with E-state index in [0.29, 0.717) is 20.8 Å². The molecule has 77 heavy (non-hydrogen) atoms. The Morgan fingerprint density at radius 2 is 0.429 bits per heavy atom. The van der Waals surface area contributed by atoms with E-state index in [-0.39, 0.29) is 0 Å². The van der Waals surface area contributed by atoms with Gasteiger partial charge in [-0.2, -0.15) is 75.8 Å². The summed E-state index contributed by atoms with van der Waals surface area (Å²) < 4.78 is 382. The van der Waals surface area contributed by atoms with Crippen molar-refractivity contribution in [2.24, 2.45) is 0 Å². The molecule has 4 fully saturated rings. The second-order valence-electron chi connectivity index (χ2n) is 15.6. The van der Waals surface area contributed by atoms with Gasteiger partial charge in [0.15, 0.2) is 49.6 Å². The molecule has 0 radical (unpaired) electrons. The van der Waals surface area contributed by atoms with Crippen molar-refractivity contribution in [2.75, 3.05) is 0 Å². The Morgan fingerprint density at radius 3 is 0.727 bits per heavy atom. The first-order valence-electron chi connectivity index (χ1n) is 19.5. The van der Waals surface area contributed by atoms with E-state index in [1.165, 1.54) is 0 Å². The molecular weight excluding hydrogens is 1280 g/mol. The number of aliphatic hydroxyl groups is 1. The van der Waals surface area contributed by atoms with Crippen molar-refractivity contribution in [1.82, 2.24) is 0 Å². The number of hydrogen-bond donors (Lipinski definition) is 10. The first-order valence-corrected chi connectivity index (χ1v) is 31.8. The van der Waals surface area contributed by atoms with Gasteiger partial charge in [0, 0.05) is 0 Å². The maximum atomic E-state index is 12.5. The zero-order valence-electron chi connectivity index (χ0n) is 37.6. The lowest BCUT2D eigenvalue weighted by Gasteiger charge is -2.50. The highest BCUT2D eigenvalue weighted by Gasteiger charge is 2.61. The normalized spacial score (nSPS) is 37.8. The number of aliphatic hydroxyl groups excluding tert-OH is 1. The molecule has 44 nitrogen and oxygen atoms in total. The molecular formula is C24H42O44S9. The molecule has 0 spiro atoms. The van der Waals surface area contributed by atoms with E-state index in [4.69, 9.17) is 33.2 Å². The Balaban J connectivity index is 1.95. The van der Waals surface area contributed by atoms with Crippen LogP contribution >= 0.6 is 0 Å². The van der Waals surface area contributed by atoms with Crippen LogP contribution in [0.1, 0.15) is 27.7 Å². The van der Waals surface area contributed by atoms with Crippen molar-refractivity contribution in [3.05, 3.63) is 0 Å². The average Bonchev–Trinajstić information content (AvgIpc) is 3.16. The second kappa shape index (κ2) is 24.4. The van der Waals surface area contributed by atoms with Crippen LogP contribution < -0.4 is 0 Å². The fourth-order valence-electron chi connectivity index (χ4n) is 7.50. The zero-order chi connectivity index (χ0) is 59.4. The van der Waals surface area contributed by atoms with Crippen LogP contribution in [0, 0.1) is 0 Å². The Bertz CT molecular complexity index is 3130. The first kappa shape index (κ1) is 68.0. The predicted molar refractivity (Wildman–Crippen MR) is 222 cm³/mol. The Morgan fingerprint density at radius 1 is 0.247 bits per heavy atom. The van der Waals surface area contributed by atoms with E-state index in [1.54, 1.807) is 0 Å². The lowest BCUT2D eigenvalue weighted by atomic mass is 9.96. The van der Waals surface area contributed by atoms with Crippen LogP contribution in [0.3, 0.4) is 0 Å². The van der Waals surface area contributed by atoms with E-state index in [1.807, 2.05) is 0 Å². The second-order valence-corrected chi connectivity index (χ2v) is 25.0. The topological polar surface area (TPSA) is 657 Å². The van der Waals surface area contributed by atoms with Gasteiger partial charge >= 0.3 is 93.6 Å². The molecule has 456 valence electrons. The van der Waals surface area contributed by atoms with Crippen molar-refractivity contribution < 1.29 is 193 Å². The van der Waals surface area contributed by atoms with Gasteiger partial charge < -0.3 is 38.3 Å². The first-order chi connectivity index (χ1) is 34.3. The van der Waals surface area contributed by atoms with Gasteiger partial charge in [-0.15, -0.1) is 0 Å². The van der Waals surface area contributed by atoms with Gasteiger partial charge in [0.25, 0.3) is 0 Å². The third-order valence-corrected chi connectivity index (χ3v) is 14.1. The lowest BCUT2D eigenvalue weighted by molar-refractivity contribution is -0.373. The molecule has 0 amide bonds. The van der Waals surface area contributed by atoms with Gasteiger partial charge in [-0.3, -0.25) is 41.0 Å². The third kappa shape index (κ3) is 21.3. The van der Waals surface area contributed by atoms with Crippen molar-refractivity contribution >= 4 is 93.6 Å². The van der Waals surface area contributed by atoms with Crippen molar-refractivity contribution in [3.63, 3.8) is 0 Å². The van der Waals surface area contributed by atoms with Crippen LogP contribution in [0.15, 0.2) is 0 Å². The molecule has 4 heterocycles. The number of ether oxygens (including phenoxy) is 7. The fourth-order valence-corrected chi connectivity index (χ4v) is 12.0. The standard InChI is InChI=1S/C24H42O44S9/c1-5-9(14(62-71(32,33)34)17(21(25)53-5)65-74(41,42)43)57-22-18(66-75(44,45)46)13(11(7(3)55-22)60-69(26,27)28)59-24-19(67-76(47,48)49)15(63-72(35,36)37)10(6(2)54-24)58-23-20(68-77(50,51)52)16(64-73(38,39)40)12(8(4)56-23)61-70(29,30)31/h5-25H,1-4H3,(H,26,27,28)(H,29,30,31)(H,32,33,34)(H,35,36,37)(H,38,39,40)(H,41,42,43)(H,44,45,46)(H,47,48,49)(H,50,51,52)/t5-,6-,7-,8-,9+,10+,11+,12+,13+,14+,15+,16+,17-,18-,19-,20-,21-,22-,23-,24-/m0/s1. The van der Waals surface area contributed by atoms with Crippen LogP contribution in [-0.4, -0.2) is 245 Å². The van der Waals surface area contributed by atoms with Crippen LogP contribution in [0.2, 0.25) is 0 Å². The van der Waals surface area contributed by atoms with Crippen LogP contribution in [0.4, 0.5) is 0 Å². The highest BCUT2D eigenvalue weighted by atomic mass is 32.3. The van der Waals surface area contributed by atoms with Gasteiger partial charge in [0.2, 0.25) is 0 Å². The Kier molecular flexibility index (Phi) is 21.5. The number of rotatable bonds is 24. The molecule has 10 N–H and O–H groups in total. The number of hydrogen-bond acceptors (Lipinski definition) is 35. The average molecular weight is 1320 g/mol. The summed E-state index contributed by atoms with van der Waals surface area (Å²) in [5, 5.41) is 10.4. The molecule has 4 aliphatic rings. The predicted octanol–water partition coefficient (Wildman–Crippen LogP) is -7.19. The minimum atomic E-state index is -6.26. The van der Waals surface area contributed by atoms with Gasteiger partial charge in [0.1, 0.15) is 48.8 Å². The quantitative estimate of drug-likeness (QED) is 0.0401. The van der Waals surface area contributed by atoms with Gasteiger partial charge in [-0.25, -0.2) is 37.6 Å². The molecule has 0 aliphatic carbocycles. The molecule has 0 unspecified atom stereocenters. The fraction of sp³-hybridized carbons (Fsp3) is 1.00. The zero-order valence-corrected chi connectivity index (χ0v) is 44.9. The van der Waals surface area contributed by atoms with Gasteiger partial charge in [-0.05, 0) is 27.7 Å². The summed E-state index contributed by atoms with van der Waals surface area (Å²) in [4.78, 5) is 0. The Labute approximate surface area is 434 Å². The smallest absolute Gasteiger partial charge is 0.366 e. The van der Waals surface area contributed by atoms with Crippen molar-refractivity contribution in [2.45, 2.75) is 151 Å². The highest BCUT2D eigenvalue weighted by molar-refractivity contribution is 7.82. The van der Waals surface area contributed by atoms with Gasteiger partial charge in [-0.1, -0.05) is 0 Å². The summed E-state index contributed by atoms with van der Waals surface area (Å²) >= 11 is 0. The van der Waals surface area contributed by atoms with E-state index in [0.717, 1.165) is 6.92 Å². The highest BCUT2D eigenvalue weighted by Crippen LogP contribution is 2.40. The minimum absolute atomic E-state index is 0.641. The summed E-state index contributed by atoms with van der Waals surface area (Å²) in [6.07, 6.45) is -55.7.